The van der Waals surface area contributed by atoms with E-state index in [0.29, 0.717) is 4.88 Å². The molecule has 0 saturated heterocycles. The lowest BCUT2D eigenvalue weighted by atomic mass is 10.2. The molecule has 0 spiro atoms. The van der Waals surface area contributed by atoms with Crippen LogP contribution in [-0.4, -0.2) is 10.9 Å². The number of rotatable bonds is 3. The number of fused-ring (bicyclic) bond motifs is 1. The van der Waals surface area contributed by atoms with Gasteiger partial charge in [-0.2, -0.15) is 0 Å². The Bertz CT molecular complexity index is 973. The average Bonchev–Trinajstić information content (AvgIpc) is 3.22. The lowest BCUT2D eigenvalue weighted by Gasteiger charge is -2.01. The highest BCUT2D eigenvalue weighted by Gasteiger charge is 2.14. The number of para-hydroxylation sites is 1. The van der Waals surface area contributed by atoms with Gasteiger partial charge in [-0.05, 0) is 18.2 Å². The third-order valence-corrected chi connectivity index (χ3v) is 5.47. The molecule has 0 radical (unpaired) electrons. The maximum absolute atomic E-state index is 12.3. The molecule has 2 aromatic carbocycles. The summed E-state index contributed by atoms with van der Waals surface area (Å²) >= 11 is 3.11. The van der Waals surface area contributed by atoms with Crippen molar-refractivity contribution in [3.63, 3.8) is 0 Å². The van der Waals surface area contributed by atoms with Crippen LogP contribution in [0.15, 0.2) is 66.2 Å². The molecule has 0 unspecified atom stereocenters. The molecule has 0 aliphatic heterocycles. The van der Waals surface area contributed by atoms with Gasteiger partial charge in [0.2, 0.25) is 0 Å². The maximum Gasteiger partial charge on any atom is 0.267 e. The number of hydrogen-bond donors (Lipinski definition) is 1. The van der Waals surface area contributed by atoms with E-state index in [1.54, 1.807) is 17.5 Å². The molecule has 1 amide bonds. The number of anilines is 1. The molecule has 0 fully saturated rings. The van der Waals surface area contributed by atoms with Crippen molar-refractivity contribution in [3.05, 3.63) is 71.1 Å². The van der Waals surface area contributed by atoms with Gasteiger partial charge in [0.1, 0.15) is 9.88 Å². The second-order valence-electron chi connectivity index (χ2n) is 5.00. The molecule has 0 bridgehead atoms. The number of thiazole rings is 1. The Labute approximate surface area is 141 Å². The summed E-state index contributed by atoms with van der Waals surface area (Å²) < 4.78 is 1.23. The molecule has 0 atom stereocenters. The topological polar surface area (TPSA) is 42.0 Å². The Kier molecular flexibility index (Phi) is 3.65. The van der Waals surface area contributed by atoms with E-state index in [2.05, 4.69) is 27.8 Å². The zero-order valence-corrected chi connectivity index (χ0v) is 13.7. The van der Waals surface area contributed by atoms with Crippen molar-refractivity contribution in [2.24, 2.45) is 0 Å². The van der Waals surface area contributed by atoms with E-state index in [9.17, 15) is 4.79 Å². The molecule has 3 nitrogen and oxygen atoms in total. The third-order valence-electron chi connectivity index (χ3n) is 3.47. The van der Waals surface area contributed by atoms with Gasteiger partial charge >= 0.3 is 0 Å². The molecular weight excluding hydrogens is 324 g/mol. The van der Waals surface area contributed by atoms with E-state index in [-0.39, 0.29) is 5.91 Å². The number of aromatic nitrogens is 1. The Morgan fingerprint density at radius 1 is 1.00 bits per heavy atom. The molecule has 5 heteroatoms. The number of nitrogens with zero attached hydrogens (tertiary/aromatic N) is 1. The van der Waals surface area contributed by atoms with Crippen LogP contribution in [0.25, 0.3) is 20.7 Å². The molecule has 0 aliphatic rings. The zero-order chi connectivity index (χ0) is 15.6. The summed E-state index contributed by atoms with van der Waals surface area (Å²) in [6.07, 6.45) is 1.64. The van der Waals surface area contributed by atoms with E-state index >= 15 is 0 Å². The predicted molar refractivity (Wildman–Crippen MR) is 97.3 cm³/mol. The van der Waals surface area contributed by atoms with E-state index in [0.717, 1.165) is 16.3 Å². The molecule has 4 aromatic rings. The Hall–Kier alpha value is -2.50. The summed E-state index contributed by atoms with van der Waals surface area (Å²) in [7, 11) is 0. The highest BCUT2D eigenvalue weighted by Crippen LogP contribution is 2.35. The second kappa shape index (κ2) is 5.95. The van der Waals surface area contributed by atoms with Gasteiger partial charge in [0, 0.05) is 26.7 Å². The lowest BCUT2D eigenvalue weighted by molar-refractivity contribution is 0.103. The molecule has 112 valence electrons. The van der Waals surface area contributed by atoms with Gasteiger partial charge in [0.05, 0.1) is 6.20 Å². The molecule has 2 heterocycles. The van der Waals surface area contributed by atoms with Gasteiger partial charge in [-0.3, -0.25) is 4.79 Å². The van der Waals surface area contributed by atoms with Crippen LogP contribution in [0, 0.1) is 0 Å². The zero-order valence-electron chi connectivity index (χ0n) is 12.0. The van der Waals surface area contributed by atoms with Gasteiger partial charge < -0.3 is 5.32 Å². The highest BCUT2D eigenvalue weighted by molar-refractivity contribution is 7.20. The van der Waals surface area contributed by atoms with E-state index in [4.69, 9.17) is 0 Å². The van der Waals surface area contributed by atoms with Crippen LogP contribution in [-0.2, 0) is 0 Å². The van der Waals surface area contributed by atoms with Crippen molar-refractivity contribution in [1.82, 2.24) is 4.98 Å². The van der Waals surface area contributed by atoms with E-state index < -0.39 is 0 Å². The van der Waals surface area contributed by atoms with Gasteiger partial charge in [-0.1, -0.05) is 36.4 Å². The standard InChI is InChI=1S/C18H12N2OS2/c21-17(20-12-6-2-1-3-7-12)16-10-19-18(23-16)14-11-22-15-9-5-4-8-13(14)15/h1-11H,(H,20,21). The third kappa shape index (κ3) is 2.76. The first-order valence-corrected chi connectivity index (χ1v) is 8.80. The maximum atomic E-state index is 12.3. The number of thiophene rings is 1. The minimum absolute atomic E-state index is 0.125. The van der Waals surface area contributed by atoms with Crippen molar-refractivity contribution < 1.29 is 4.79 Å². The Morgan fingerprint density at radius 3 is 2.65 bits per heavy atom. The number of nitrogens with one attached hydrogen (secondary N) is 1. The Morgan fingerprint density at radius 2 is 1.78 bits per heavy atom. The van der Waals surface area contributed by atoms with Crippen molar-refractivity contribution in [2.75, 3.05) is 5.32 Å². The number of carbonyl (C=O) groups is 1. The number of benzene rings is 2. The predicted octanol–water partition coefficient (Wildman–Crippen LogP) is 5.28. The van der Waals surface area contributed by atoms with Gasteiger partial charge in [0.25, 0.3) is 5.91 Å². The van der Waals surface area contributed by atoms with Gasteiger partial charge in [-0.15, -0.1) is 22.7 Å². The van der Waals surface area contributed by atoms with Crippen LogP contribution >= 0.6 is 22.7 Å². The van der Waals surface area contributed by atoms with Gasteiger partial charge in [-0.25, -0.2) is 4.98 Å². The summed E-state index contributed by atoms with van der Waals surface area (Å²) in [5.74, 6) is -0.125. The molecule has 0 aliphatic carbocycles. The van der Waals surface area contributed by atoms with Crippen molar-refractivity contribution in [3.8, 4) is 10.6 Å². The molecule has 1 N–H and O–H groups in total. The second-order valence-corrected chi connectivity index (χ2v) is 6.94. The summed E-state index contributed by atoms with van der Waals surface area (Å²) in [4.78, 5) is 17.4. The number of hydrogen-bond acceptors (Lipinski definition) is 4. The first kappa shape index (κ1) is 14.1. The summed E-state index contributed by atoms with van der Waals surface area (Å²) in [5, 5.41) is 7.05. The van der Waals surface area contributed by atoms with Crippen LogP contribution in [0.4, 0.5) is 5.69 Å². The van der Waals surface area contributed by atoms with E-state index in [1.165, 1.54) is 21.4 Å². The lowest BCUT2D eigenvalue weighted by Crippen LogP contribution is -2.09. The van der Waals surface area contributed by atoms with Crippen LogP contribution in [0.1, 0.15) is 9.67 Å². The normalized spacial score (nSPS) is 10.8. The fourth-order valence-corrected chi connectivity index (χ4v) is 4.22. The largest absolute Gasteiger partial charge is 0.321 e. The molecule has 0 saturated carbocycles. The van der Waals surface area contributed by atoms with Crippen molar-refractivity contribution in [1.29, 1.82) is 0 Å². The SMILES string of the molecule is O=C(Nc1ccccc1)c1cnc(-c2csc3ccccc23)s1. The van der Waals surface area contributed by atoms with Crippen LogP contribution < -0.4 is 5.32 Å². The van der Waals surface area contributed by atoms with Crippen molar-refractivity contribution >= 4 is 44.4 Å². The number of amides is 1. The number of carbonyl (C=O) groups excluding carboxylic acids is 1. The molecule has 2 aromatic heterocycles. The van der Waals surface area contributed by atoms with Crippen LogP contribution in [0.5, 0.6) is 0 Å². The molecular formula is C18H12N2OS2. The monoisotopic (exact) mass is 336 g/mol. The molecule has 4 rings (SSSR count). The van der Waals surface area contributed by atoms with E-state index in [1.807, 2.05) is 42.5 Å². The fraction of sp³-hybridized carbons (Fsp3) is 0. The van der Waals surface area contributed by atoms with Gasteiger partial charge in [0.15, 0.2) is 0 Å². The van der Waals surface area contributed by atoms with Crippen LogP contribution in [0.3, 0.4) is 0 Å². The minimum Gasteiger partial charge on any atom is -0.321 e. The smallest absolute Gasteiger partial charge is 0.267 e. The highest BCUT2D eigenvalue weighted by atomic mass is 32.1. The van der Waals surface area contributed by atoms with Crippen molar-refractivity contribution in [2.45, 2.75) is 0 Å². The Balaban J connectivity index is 1.63. The fourth-order valence-electron chi connectivity index (χ4n) is 2.36. The van der Waals surface area contributed by atoms with Crippen LogP contribution in [0.2, 0.25) is 0 Å². The summed E-state index contributed by atoms with van der Waals surface area (Å²) in [5.41, 5.74) is 1.88. The molecule has 23 heavy (non-hydrogen) atoms. The average molecular weight is 336 g/mol. The minimum atomic E-state index is -0.125. The quantitative estimate of drug-likeness (QED) is 0.553. The first-order chi connectivity index (χ1) is 11.3. The summed E-state index contributed by atoms with van der Waals surface area (Å²) in [6, 6.07) is 17.7. The summed E-state index contributed by atoms with van der Waals surface area (Å²) in [6.45, 7) is 0. The first-order valence-electron chi connectivity index (χ1n) is 7.10.